The van der Waals surface area contributed by atoms with Crippen molar-refractivity contribution in [3.05, 3.63) is 79.7 Å². The highest BCUT2D eigenvalue weighted by Gasteiger charge is 2.48. The van der Waals surface area contributed by atoms with E-state index < -0.39 is 17.7 Å². The van der Waals surface area contributed by atoms with Gasteiger partial charge in [-0.1, -0.05) is 51.0 Å². The minimum Gasteiger partial charge on any atom is -0.507 e. The Balaban J connectivity index is 0.00000256. The first kappa shape index (κ1) is 22.4. The van der Waals surface area contributed by atoms with E-state index in [4.69, 9.17) is 11.6 Å². The Bertz CT molecular complexity index is 1150. The second-order valence-corrected chi connectivity index (χ2v) is 8.84. The van der Waals surface area contributed by atoms with Crippen LogP contribution >= 0.6 is 51.3 Å². The molecule has 1 atom stereocenters. The molecule has 0 spiro atoms. The van der Waals surface area contributed by atoms with Gasteiger partial charge in [-0.05, 0) is 48.9 Å². The Morgan fingerprint density at radius 2 is 1.73 bits per heavy atom. The van der Waals surface area contributed by atoms with Gasteiger partial charge in [0.2, 0.25) is 5.13 Å². The van der Waals surface area contributed by atoms with Gasteiger partial charge in [0.25, 0.3) is 5.78 Å². The van der Waals surface area contributed by atoms with Crippen molar-refractivity contribution >= 4 is 73.9 Å². The van der Waals surface area contributed by atoms with Crippen molar-refractivity contribution < 1.29 is 14.7 Å². The lowest BCUT2D eigenvalue weighted by Crippen LogP contribution is -2.29. The highest BCUT2D eigenvalue weighted by atomic mass is 79.9. The molecule has 2 heterocycles. The number of anilines is 1. The Morgan fingerprint density at radius 3 is 2.30 bits per heavy atom. The summed E-state index contributed by atoms with van der Waals surface area (Å²) in [6.45, 7) is 1.76. The molecule has 1 N–H and O–H groups in total. The predicted molar refractivity (Wildman–Crippen MR) is 122 cm³/mol. The summed E-state index contributed by atoms with van der Waals surface area (Å²) in [7, 11) is 0. The van der Waals surface area contributed by atoms with Crippen LogP contribution in [0.15, 0.2) is 58.6 Å². The highest BCUT2D eigenvalue weighted by molar-refractivity contribution is 9.10. The zero-order valence-corrected chi connectivity index (χ0v) is 19.3. The lowest BCUT2D eigenvalue weighted by Gasteiger charge is -2.22. The van der Waals surface area contributed by atoms with Gasteiger partial charge in [-0.3, -0.25) is 14.5 Å². The topological polar surface area (TPSA) is 83.4 Å². The largest absolute Gasteiger partial charge is 0.507 e. The van der Waals surface area contributed by atoms with Gasteiger partial charge in [0.15, 0.2) is 0 Å². The number of rotatable bonds is 3. The van der Waals surface area contributed by atoms with Crippen LogP contribution in [0.4, 0.5) is 5.13 Å². The summed E-state index contributed by atoms with van der Waals surface area (Å²) in [5.74, 6) is -1.81. The number of carbonyl (C=O) groups is 2. The first-order valence-corrected chi connectivity index (χ1v) is 10.5. The number of aliphatic hydroxyl groups is 1. The van der Waals surface area contributed by atoms with Crippen LogP contribution in [0.3, 0.4) is 0 Å². The van der Waals surface area contributed by atoms with E-state index in [0.717, 1.165) is 4.47 Å². The monoisotopic (exact) mass is 525 g/mol. The molecule has 4 rings (SSSR count). The number of ketones is 1. The van der Waals surface area contributed by atoms with Crippen molar-refractivity contribution in [1.29, 1.82) is 0 Å². The smallest absolute Gasteiger partial charge is 0.301 e. The number of aryl methyl sites for hydroxylation is 1. The number of aliphatic hydroxyl groups excluding tert-OH is 1. The van der Waals surface area contributed by atoms with E-state index in [2.05, 4.69) is 26.1 Å². The number of nitrogens with zero attached hydrogens (tertiary/aromatic N) is 3. The summed E-state index contributed by atoms with van der Waals surface area (Å²) < 4.78 is 0.850. The minimum atomic E-state index is -0.828. The van der Waals surface area contributed by atoms with E-state index in [-0.39, 0.29) is 23.7 Å². The molecule has 1 saturated heterocycles. The molecule has 0 radical (unpaired) electrons. The molecule has 2 aromatic carbocycles. The van der Waals surface area contributed by atoms with Crippen LogP contribution in [-0.4, -0.2) is 27.0 Å². The number of aromatic nitrogens is 2. The van der Waals surface area contributed by atoms with Crippen molar-refractivity contribution in [1.82, 2.24) is 10.2 Å². The van der Waals surface area contributed by atoms with Crippen molar-refractivity contribution in [2.75, 3.05) is 4.90 Å². The molecule has 30 heavy (non-hydrogen) atoms. The normalized spacial score (nSPS) is 17.8. The molecule has 1 aliphatic rings. The van der Waals surface area contributed by atoms with E-state index in [0.29, 0.717) is 26.3 Å². The molecule has 10 heteroatoms. The Labute approximate surface area is 195 Å². The van der Waals surface area contributed by atoms with Crippen molar-refractivity contribution in [2.24, 2.45) is 0 Å². The fourth-order valence-electron chi connectivity index (χ4n) is 3.14. The second kappa shape index (κ2) is 8.85. The number of carbonyl (C=O) groups excluding carboxylic acids is 2. The first-order chi connectivity index (χ1) is 13.9. The number of hydrogen-bond donors (Lipinski definition) is 1. The number of halogens is 3. The van der Waals surface area contributed by atoms with Crippen LogP contribution < -0.4 is 4.90 Å². The van der Waals surface area contributed by atoms with E-state index in [9.17, 15) is 14.7 Å². The minimum absolute atomic E-state index is 0. The number of hydrogen-bond acceptors (Lipinski definition) is 6. The first-order valence-electron chi connectivity index (χ1n) is 8.49. The standard InChI is InChI=1S/C20H13BrClN3O3S.ClH/c1-10-23-24-20(29-10)25-16(11-2-6-13(21)7-3-11)15(18(27)19(25)28)17(26)12-4-8-14(22)9-5-12;/h2-9,16,26H,1H3;1H/b17-15+;. The lowest BCUT2D eigenvalue weighted by molar-refractivity contribution is -0.132. The summed E-state index contributed by atoms with van der Waals surface area (Å²) in [6, 6.07) is 12.8. The van der Waals surface area contributed by atoms with Gasteiger partial charge in [-0.25, -0.2) is 0 Å². The molecule has 1 amide bonds. The maximum atomic E-state index is 12.9. The molecule has 0 bridgehead atoms. The SMILES string of the molecule is Cc1nnc(N2C(=O)C(=O)/C(=C(/O)c3ccc(Cl)cc3)C2c2ccc(Br)cc2)s1.Cl. The van der Waals surface area contributed by atoms with Gasteiger partial charge in [-0.2, -0.15) is 0 Å². The quantitative estimate of drug-likeness (QED) is 0.284. The molecular formula is C20H14BrCl2N3O3S. The molecule has 1 aliphatic heterocycles. The third kappa shape index (κ3) is 4.00. The lowest BCUT2D eigenvalue weighted by atomic mass is 9.95. The average molecular weight is 527 g/mol. The van der Waals surface area contributed by atoms with E-state index >= 15 is 0 Å². The van der Waals surface area contributed by atoms with E-state index in [1.807, 2.05) is 12.1 Å². The Morgan fingerprint density at radius 1 is 1.10 bits per heavy atom. The average Bonchev–Trinajstić information content (AvgIpc) is 3.24. The fourth-order valence-corrected chi connectivity index (χ4v) is 4.24. The third-order valence-electron chi connectivity index (χ3n) is 4.47. The second-order valence-electron chi connectivity index (χ2n) is 6.33. The molecule has 1 aromatic heterocycles. The molecule has 0 saturated carbocycles. The van der Waals surface area contributed by atoms with Gasteiger partial charge in [0, 0.05) is 15.1 Å². The van der Waals surface area contributed by atoms with Crippen LogP contribution in [0.2, 0.25) is 5.02 Å². The summed E-state index contributed by atoms with van der Waals surface area (Å²) in [5, 5.41) is 20.4. The zero-order chi connectivity index (χ0) is 20.7. The number of Topliss-reactive ketones (excluding diaryl/α,β-unsaturated/α-hetero) is 1. The van der Waals surface area contributed by atoms with Crippen molar-refractivity contribution in [3.8, 4) is 0 Å². The zero-order valence-electron chi connectivity index (χ0n) is 15.4. The van der Waals surface area contributed by atoms with E-state index in [1.54, 1.807) is 43.3 Å². The van der Waals surface area contributed by atoms with Gasteiger partial charge < -0.3 is 5.11 Å². The molecule has 3 aromatic rings. The summed E-state index contributed by atoms with van der Waals surface area (Å²) in [6.07, 6.45) is 0. The molecule has 6 nitrogen and oxygen atoms in total. The van der Waals surface area contributed by atoms with Crippen molar-refractivity contribution in [2.45, 2.75) is 13.0 Å². The molecule has 154 valence electrons. The summed E-state index contributed by atoms with van der Waals surface area (Å²) >= 11 is 10.5. The Hall–Kier alpha value is -2.26. The van der Waals surface area contributed by atoms with Gasteiger partial charge in [0.05, 0.1) is 11.6 Å². The van der Waals surface area contributed by atoms with Crippen LogP contribution in [0.5, 0.6) is 0 Å². The molecule has 1 fully saturated rings. The third-order valence-corrected chi connectivity index (χ3v) is 6.09. The van der Waals surface area contributed by atoms with Crippen LogP contribution in [0.1, 0.15) is 22.2 Å². The van der Waals surface area contributed by atoms with Gasteiger partial charge in [0.1, 0.15) is 10.8 Å². The van der Waals surface area contributed by atoms with E-state index in [1.165, 1.54) is 16.2 Å². The molecule has 1 unspecified atom stereocenters. The summed E-state index contributed by atoms with van der Waals surface area (Å²) in [5.41, 5.74) is 1.05. The Kier molecular flexibility index (Phi) is 6.62. The molecular weight excluding hydrogens is 513 g/mol. The van der Waals surface area contributed by atoms with Crippen molar-refractivity contribution in [3.63, 3.8) is 0 Å². The summed E-state index contributed by atoms with van der Waals surface area (Å²) in [4.78, 5) is 27.1. The van der Waals surface area contributed by atoms with Crippen LogP contribution in [0, 0.1) is 6.92 Å². The maximum absolute atomic E-state index is 12.9. The number of benzene rings is 2. The highest BCUT2D eigenvalue weighted by Crippen LogP contribution is 2.43. The van der Waals surface area contributed by atoms with Crippen LogP contribution in [-0.2, 0) is 9.59 Å². The van der Waals surface area contributed by atoms with Gasteiger partial charge >= 0.3 is 5.91 Å². The van der Waals surface area contributed by atoms with Crippen LogP contribution in [0.25, 0.3) is 5.76 Å². The number of amides is 1. The maximum Gasteiger partial charge on any atom is 0.301 e. The van der Waals surface area contributed by atoms with Gasteiger partial charge in [-0.15, -0.1) is 22.6 Å². The fraction of sp³-hybridized carbons (Fsp3) is 0.100. The predicted octanol–water partition coefficient (Wildman–Crippen LogP) is 5.31. The molecule has 0 aliphatic carbocycles.